The summed E-state index contributed by atoms with van der Waals surface area (Å²) in [6.07, 6.45) is -0.777. The second-order valence-electron chi connectivity index (χ2n) is 5.16. The Hall–Kier alpha value is -1.11. The standard InChI is InChI=1S/C13H19ClN2O4/c1-6-8(3)16(13(18)15-11(6)17)12-10(14)7(2)9(20-12)5-19-4/h7,9-10,12H,5H2,1-4H3,(H,15,17,18). The monoisotopic (exact) mass is 302 g/mol. The second kappa shape index (κ2) is 5.71. The summed E-state index contributed by atoms with van der Waals surface area (Å²) in [5.41, 5.74) is 0.174. The van der Waals surface area contributed by atoms with Crippen molar-refractivity contribution < 1.29 is 9.47 Å². The van der Waals surface area contributed by atoms with E-state index in [2.05, 4.69) is 4.98 Å². The van der Waals surface area contributed by atoms with Crippen LogP contribution in [0.5, 0.6) is 0 Å². The molecular weight excluding hydrogens is 284 g/mol. The number of aromatic nitrogens is 2. The first kappa shape index (κ1) is 15.3. The highest BCUT2D eigenvalue weighted by molar-refractivity contribution is 6.21. The zero-order chi connectivity index (χ0) is 15.0. The quantitative estimate of drug-likeness (QED) is 0.843. The third kappa shape index (κ3) is 2.43. The lowest BCUT2D eigenvalue weighted by molar-refractivity contribution is -0.0408. The van der Waals surface area contributed by atoms with E-state index in [9.17, 15) is 9.59 Å². The van der Waals surface area contributed by atoms with Crippen LogP contribution in [-0.4, -0.2) is 34.7 Å². The van der Waals surface area contributed by atoms with E-state index >= 15 is 0 Å². The van der Waals surface area contributed by atoms with Gasteiger partial charge in [-0.15, -0.1) is 11.6 Å². The first-order valence-electron chi connectivity index (χ1n) is 6.49. The van der Waals surface area contributed by atoms with Gasteiger partial charge in [0.05, 0.1) is 18.1 Å². The molecule has 1 aromatic heterocycles. The molecule has 2 heterocycles. The highest BCUT2D eigenvalue weighted by atomic mass is 35.5. The topological polar surface area (TPSA) is 73.3 Å². The van der Waals surface area contributed by atoms with Crippen LogP contribution >= 0.6 is 11.6 Å². The van der Waals surface area contributed by atoms with Gasteiger partial charge in [0.25, 0.3) is 5.56 Å². The summed E-state index contributed by atoms with van der Waals surface area (Å²) in [5, 5.41) is -0.364. The molecule has 7 heteroatoms. The molecule has 1 saturated heterocycles. The average Bonchev–Trinajstić information content (AvgIpc) is 2.66. The van der Waals surface area contributed by atoms with Gasteiger partial charge in [-0.1, -0.05) is 6.92 Å². The van der Waals surface area contributed by atoms with Gasteiger partial charge in [0.2, 0.25) is 0 Å². The van der Waals surface area contributed by atoms with Crippen molar-refractivity contribution >= 4 is 11.6 Å². The van der Waals surface area contributed by atoms with Crippen LogP contribution in [0.1, 0.15) is 24.4 Å². The van der Waals surface area contributed by atoms with Gasteiger partial charge in [0, 0.05) is 24.3 Å². The Morgan fingerprint density at radius 3 is 2.65 bits per heavy atom. The van der Waals surface area contributed by atoms with Crippen molar-refractivity contribution in [2.45, 2.75) is 38.5 Å². The van der Waals surface area contributed by atoms with Gasteiger partial charge >= 0.3 is 5.69 Å². The molecule has 1 fully saturated rings. The third-order valence-corrected chi connectivity index (χ3v) is 4.56. The third-order valence-electron chi connectivity index (χ3n) is 3.94. The Kier molecular flexibility index (Phi) is 4.36. The molecule has 0 bridgehead atoms. The molecule has 1 aliphatic heterocycles. The summed E-state index contributed by atoms with van der Waals surface area (Å²) >= 11 is 6.40. The van der Waals surface area contributed by atoms with Crippen LogP contribution < -0.4 is 11.2 Å². The van der Waals surface area contributed by atoms with E-state index in [0.717, 1.165) is 0 Å². The summed E-state index contributed by atoms with van der Waals surface area (Å²) < 4.78 is 12.4. The molecule has 0 aromatic carbocycles. The van der Waals surface area contributed by atoms with E-state index in [1.807, 2.05) is 6.92 Å². The second-order valence-corrected chi connectivity index (χ2v) is 5.67. The largest absolute Gasteiger partial charge is 0.382 e. The Morgan fingerprint density at radius 1 is 1.40 bits per heavy atom. The minimum atomic E-state index is -0.602. The number of hydrogen-bond donors (Lipinski definition) is 1. The van der Waals surface area contributed by atoms with Crippen molar-refractivity contribution in [2.75, 3.05) is 13.7 Å². The molecule has 2 rings (SSSR count). The minimum absolute atomic E-state index is 0.0418. The number of halogens is 1. The number of nitrogens with zero attached hydrogens (tertiary/aromatic N) is 1. The predicted octanol–water partition coefficient (Wildman–Crippen LogP) is 0.941. The molecule has 4 atom stereocenters. The first-order valence-corrected chi connectivity index (χ1v) is 6.92. The molecular formula is C13H19ClN2O4. The van der Waals surface area contributed by atoms with Crippen molar-refractivity contribution in [3.8, 4) is 0 Å². The van der Waals surface area contributed by atoms with E-state index in [-0.39, 0.29) is 23.0 Å². The lowest BCUT2D eigenvalue weighted by Gasteiger charge is -2.20. The summed E-state index contributed by atoms with van der Waals surface area (Å²) in [6, 6.07) is 0. The Morgan fingerprint density at radius 2 is 2.05 bits per heavy atom. The van der Waals surface area contributed by atoms with Crippen LogP contribution in [0.2, 0.25) is 0 Å². The fraction of sp³-hybridized carbons (Fsp3) is 0.692. The highest BCUT2D eigenvalue weighted by Gasteiger charge is 2.42. The van der Waals surface area contributed by atoms with Gasteiger partial charge in [-0.25, -0.2) is 4.79 Å². The highest BCUT2D eigenvalue weighted by Crippen LogP contribution is 2.37. The summed E-state index contributed by atoms with van der Waals surface area (Å²) in [7, 11) is 1.59. The van der Waals surface area contributed by atoms with E-state index < -0.39 is 11.9 Å². The molecule has 6 nitrogen and oxygen atoms in total. The molecule has 0 saturated carbocycles. The van der Waals surface area contributed by atoms with Crippen molar-refractivity contribution in [2.24, 2.45) is 5.92 Å². The molecule has 112 valence electrons. The smallest absolute Gasteiger partial charge is 0.330 e. The minimum Gasteiger partial charge on any atom is -0.382 e. The fourth-order valence-electron chi connectivity index (χ4n) is 2.46. The van der Waals surface area contributed by atoms with Crippen LogP contribution in [0.4, 0.5) is 0 Å². The predicted molar refractivity (Wildman–Crippen MR) is 75.4 cm³/mol. The Balaban J connectivity index is 2.45. The number of hydrogen-bond acceptors (Lipinski definition) is 4. The van der Waals surface area contributed by atoms with Crippen LogP contribution in [0.15, 0.2) is 9.59 Å². The number of H-pyrrole nitrogens is 1. The number of rotatable bonds is 3. The van der Waals surface area contributed by atoms with Gasteiger partial charge in [-0.2, -0.15) is 0 Å². The van der Waals surface area contributed by atoms with Crippen LogP contribution in [-0.2, 0) is 9.47 Å². The van der Waals surface area contributed by atoms with E-state index in [0.29, 0.717) is 17.9 Å². The SMILES string of the molecule is COCC1OC(n2c(C)c(C)c(=O)[nH]c2=O)C(Cl)C1C. The van der Waals surface area contributed by atoms with Crippen molar-refractivity contribution in [1.29, 1.82) is 0 Å². The van der Waals surface area contributed by atoms with Gasteiger partial charge in [0.15, 0.2) is 6.23 Å². The molecule has 1 aliphatic rings. The maximum absolute atomic E-state index is 12.1. The van der Waals surface area contributed by atoms with Crippen molar-refractivity contribution in [3.63, 3.8) is 0 Å². The summed E-state index contributed by atoms with van der Waals surface area (Å²) in [4.78, 5) is 25.9. The lowest BCUT2D eigenvalue weighted by Crippen LogP contribution is -2.38. The van der Waals surface area contributed by atoms with E-state index in [4.69, 9.17) is 21.1 Å². The number of aromatic amines is 1. The molecule has 20 heavy (non-hydrogen) atoms. The molecule has 1 N–H and O–H groups in total. The number of nitrogens with one attached hydrogen (secondary N) is 1. The van der Waals surface area contributed by atoms with Gasteiger partial charge in [0.1, 0.15) is 0 Å². The zero-order valence-electron chi connectivity index (χ0n) is 12.0. The normalized spacial score (nSPS) is 29.9. The molecule has 1 aromatic rings. The molecule has 0 spiro atoms. The van der Waals surface area contributed by atoms with Gasteiger partial charge < -0.3 is 9.47 Å². The number of alkyl halides is 1. The van der Waals surface area contributed by atoms with Crippen LogP contribution in [0, 0.1) is 19.8 Å². The first-order chi connectivity index (χ1) is 9.38. The fourth-order valence-corrected chi connectivity index (χ4v) is 2.79. The lowest BCUT2D eigenvalue weighted by atomic mass is 10.0. The van der Waals surface area contributed by atoms with E-state index in [1.54, 1.807) is 21.0 Å². The van der Waals surface area contributed by atoms with E-state index in [1.165, 1.54) is 4.57 Å². The molecule has 4 unspecified atom stereocenters. The summed E-state index contributed by atoms with van der Waals surface area (Å²) in [6.45, 7) is 5.75. The molecule has 0 radical (unpaired) electrons. The number of ether oxygens (including phenoxy) is 2. The average molecular weight is 303 g/mol. The molecule has 0 aliphatic carbocycles. The maximum atomic E-state index is 12.1. The maximum Gasteiger partial charge on any atom is 0.330 e. The zero-order valence-corrected chi connectivity index (χ0v) is 12.7. The van der Waals surface area contributed by atoms with Crippen LogP contribution in [0.25, 0.3) is 0 Å². The molecule has 0 amide bonds. The van der Waals surface area contributed by atoms with Gasteiger partial charge in [-0.3, -0.25) is 14.3 Å². The number of methoxy groups -OCH3 is 1. The van der Waals surface area contributed by atoms with Crippen molar-refractivity contribution in [3.05, 3.63) is 32.1 Å². The van der Waals surface area contributed by atoms with Crippen LogP contribution in [0.3, 0.4) is 0 Å². The van der Waals surface area contributed by atoms with Gasteiger partial charge in [-0.05, 0) is 13.8 Å². The van der Waals surface area contributed by atoms with Crippen molar-refractivity contribution in [1.82, 2.24) is 9.55 Å². The summed E-state index contributed by atoms with van der Waals surface area (Å²) in [5.74, 6) is 0.0418. The Labute approximate surface area is 121 Å². The Bertz CT molecular complexity index is 609.